The lowest BCUT2D eigenvalue weighted by atomic mass is 10.1. The Kier molecular flexibility index (Phi) is 3.40. The lowest BCUT2D eigenvalue weighted by Crippen LogP contribution is -2.46. The summed E-state index contributed by atoms with van der Waals surface area (Å²) in [5, 5.41) is 10.1. The summed E-state index contributed by atoms with van der Waals surface area (Å²) in [5.74, 6) is 0. The van der Waals surface area contributed by atoms with E-state index in [9.17, 15) is 4.79 Å². The number of urea groups is 1. The summed E-state index contributed by atoms with van der Waals surface area (Å²) in [6, 6.07) is 0.152. The quantitative estimate of drug-likeness (QED) is 0.676. The minimum Gasteiger partial charge on any atom is -0.351 e. The number of aromatic nitrogens is 2. The molecule has 2 amide bonds. The van der Waals surface area contributed by atoms with Crippen LogP contribution < -0.4 is 11.1 Å². The average molecular weight is 223 g/mol. The molecule has 0 radical (unpaired) electrons. The smallest absolute Gasteiger partial charge is 0.314 e. The highest BCUT2D eigenvalue weighted by Crippen LogP contribution is 2.10. The van der Waals surface area contributed by atoms with Crippen molar-refractivity contribution >= 4 is 6.03 Å². The normalized spacial score (nSPS) is 17.6. The number of nitrogens with one attached hydrogen (secondary N) is 2. The summed E-state index contributed by atoms with van der Waals surface area (Å²) >= 11 is 0. The molecule has 0 aliphatic carbocycles. The number of nitrogens with zero attached hydrogens (tertiary/aromatic N) is 2. The third-order valence-electron chi connectivity index (χ3n) is 2.96. The highest BCUT2D eigenvalue weighted by atomic mass is 16.2. The average Bonchev–Trinajstić information content (AvgIpc) is 2.80. The van der Waals surface area contributed by atoms with E-state index in [1.807, 2.05) is 12.4 Å². The van der Waals surface area contributed by atoms with Gasteiger partial charge in [-0.1, -0.05) is 0 Å². The Labute approximate surface area is 94.2 Å². The maximum atomic E-state index is 10.9. The standard InChI is InChI=1S/C10H17N5O/c11-10(16)15-3-1-9(2-4-15)12-5-8-6-13-14-7-8/h6-7,9,12H,1-5H2,(H2,11,16)(H,13,14). The Balaban J connectivity index is 1.71. The summed E-state index contributed by atoms with van der Waals surface area (Å²) in [5.41, 5.74) is 6.37. The molecule has 2 rings (SSSR count). The van der Waals surface area contributed by atoms with E-state index in [0.29, 0.717) is 6.04 Å². The second kappa shape index (κ2) is 4.98. The molecule has 0 bridgehead atoms. The van der Waals surface area contributed by atoms with E-state index in [4.69, 9.17) is 5.73 Å². The van der Waals surface area contributed by atoms with Gasteiger partial charge in [0.2, 0.25) is 0 Å². The van der Waals surface area contributed by atoms with E-state index in [1.165, 1.54) is 0 Å². The molecule has 0 saturated carbocycles. The molecule has 1 aromatic heterocycles. The van der Waals surface area contributed by atoms with Crippen LogP contribution in [-0.2, 0) is 6.54 Å². The molecule has 1 saturated heterocycles. The molecular formula is C10H17N5O. The van der Waals surface area contributed by atoms with Crippen LogP contribution >= 0.6 is 0 Å². The monoisotopic (exact) mass is 223 g/mol. The molecule has 16 heavy (non-hydrogen) atoms. The summed E-state index contributed by atoms with van der Waals surface area (Å²) in [6.07, 6.45) is 5.61. The fourth-order valence-electron chi connectivity index (χ4n) is 1.94. The zero-order chi connectivity index (χ0) is 11.4. The third kappa shape index (κ3) is 2.73. The van der Waals surface area contributed by atoms with Crippen LogP contribution in [0.25, 0.3) is 0 Å². The second-order valence-electron chi connectivity index (χ2n) is 4.09. The van der Waals surface area contributed by atoms with Gasteiger partial charge in [-0.25, -0.2) is 4.79 Å². The molecule has 0 unspecified atom stereocenters. The van der Waals surface area contributed by atoms with Crippen LogP contribution in [0, 0.1) is 0 Å². The SMILES string of the molecule is NC(=O)N1CCC(NCc2cn[nH]c2)CC1. The number of primary amides is 1. The number of aromatic amines is 1. The minimum absolute atomic E-state index is 0.312. The van der Waals surface area contributed by atoms with E-state index in [-0.39, 0.29) is 6.03 Å². The molecule has 6 nitrogen and oxygen atoms in total. The highest BCUT2D eigenvalue weighted by molar-refractivity contribution is 5.72. The number of H-pyrrole nitrogens is 1. The Morgan fingerprint density at radius 3 is 2.94 bits per heavy atom. The first-order valence-corrected chi connectivity index (χ1v) is 5.51. The number of piperidine rings is 1. The van der Waals surface area contributed by atoms with Crippen LogP contribution in [0.4, 0.5) is 4.79 Å². The summed E-state index contributed by atoms with van der Waals surface area (Å²) < 4.78 is 0. The molecule has 2 heterocycles. The van der Waals surface area contributed by atoms with Gasteiger partial charge in [0, 0.05) is 37.4 Å². The number of amides is 2. The zero-order valence-electron chi connectivity index (χ0n) is 9.15. The Morgan fingerprint density at radius 1 is 1.62 bits per heavy atom. The third-order valence-corrected chi connectivity index (χ3v) is 2.96. The summed E-state index contributed by atoms with van der Waals surface area (Å²) in [6.45, 7) is 2.31. The van der Waals surface area contributed by atoms with Gasteiger partial charge in [-0.05, 0) is 12.8 Å². The summed E-state index contributed by atoms with van der Waals surface area (Å²) in [4.78, 5) is 12.6. The Bertz CT molecular complexity index is 329. The van der Waals surface area contributed by atoms with Crippen LogP contribution in [0.5, 0.6) is 0 Å². The lowest BCUT2D eigenvalue weighted by molar-refractivity contribution is 0.185. The van der Waals surface area contributed by atoms with Crippen molar-refractivity contribution in [1.82, 2.24) is 20.4 Å². The highest BCUT2D eigenvalue weighted by Gasteiger charge is 2.20. The lowest BCUT2D eigenvalue weighted by Gasteiger charge is -2.31. The first kappa shape index (κ1) is 10.9. The number of carbonyl (C=O) groups is 1. The Morgan fingerprint density at radius 2 is 2.38 bits per heavy atom. The largest absolute Gasteiger partial charge is 0.351 e. The first-order valence-electron chi connectivity index (χ1n) is 5.51. The minimum atomic E-state index is -0.312. The maximum absolute atomic E-state index is 10.9. The second-order valence-corrected chi connectivity index (χ2v) is 4.09. The van der Waals surface area contributed by atoms with Crippen molar-refractivity contribution in [3.8, 4) is 0 Å². The van der Waals surface area contributed by atoms with Gasteiger partial charge in [0.25, 0.3) is 0 Å². The van der Waals surface area contributed by atoms with Gasteiger partial charge in [0.05, 0.1) is 6.20 Å². The number of rotatable bonds is 3. The Hall–Kier alpha value is -1.56. The van der Waals surface area contributed by atoms with Crippen molar-refractivity contribution in [2.75, 3.05) is 13.1 Å². The summed E-state index contributed by atoms with van der Waals surface area (Å²) in [7, 11) is 0. The van der Waals surface area contributed by atoms with Crippen molar-refractivity contribution in [1.29, 1.82) is 0 Å². The van der Waals surface area contributed by atoms with Gasteiger partial charge in [0.15, 0.2) is 0 Å². The van der Waals surface area contributed by atoms with Crippen molar-refractivity contribution in [2.24, 2.45) is 5.73 Å². The van der Waals surface area contributed by atoms with Gasteiger partial charge in [-0.2, -0.15) is 5.10 Å². The molecule has 6 heteroatoms. The van der Waals surface area contributed by atoms with Crippen molar-refractivity contribution < 1.29 is 4.79 Å². The van der Waals surface area contributed by atoms with Gasteiger partial charge in [-0.15, -0.1) is 0 Å². The van der Waals surface area contributed by atoms with E-state index in [0.717, 1.165) is 38.0 Å². The van der Waals surface area contributed by atoms with E-state index in [1.54, 1.807) is 4.90 Å². The number of likely N-dealkylation sites (tertiary alicyclic amines) is 1. The fourth-order valence-corrected chi connectivity index (χ4v) is 1.94. The molecule has 0 aromatic carbocycles. The molecule has 1 aromatic rings. The van der Waals surface area contributed by atoms with Gasteiger partial charge >= 0.3 is 6.03 Å². The van der Waals surface area contributed by atoms with Crippen LogP contribution in [0.1, 0.15) is 18.4 Å². The fraction of sp³-hybridized carbons (Fsp3) is 0.600. The molecule has 4 N–H and O–H groups in total. The molecule has 1 aliphatic rings. The van der Waals surface area contributed by atoms with Crippen LogP contribution in [-0.4, -0.2) is 40.3 Å². The predicted molar refractivity (Wildman–Crippen MR) is 59.6 cm³/mol. The molecule has 0 atom stereocenters. The number of hydrogen-bond acceptors (Lipinski definition) is 3. The molecule has 1 aliphatic heterocycles. The molecule has 1 fully saturated rings. The van der Waals surface area contributed by atoms with Crippen molar-refractivity contribution in [3.05, 3.63) is 18.0 Å². The first-order chi connectivity index (χ1) is 7.75. The number of carbonyl (C=O) groups excluding carboxylic acids is 1. The van der Waals surface area contributed by atoms with Gasteiger partial charge in [-0.3, -0.25) is 5.10 Å². The molecule has 0 spiro atoms. The van der Waals surface area contributed by atoms with Gasteiger partial charge < -0.3 is 16.0 Å². The van der Waals surface area contributed by atoms with Crippen molar-refractivity contribution in [3.63, 3.8) is 0 Å². The zero-order valence-corrected chi connectivity index (χ0v) is 9.15. The molecular weight excluding hydrogens is 206 g/mol. The van der Waals surface area contributed by atoms with Crippen LogP contribution in [0.15, 0.2) is 12.4 Å². The van der Waals surface area contributed by atoms with Crippen molar-refractivity contribution in [2.45, 2.75) is 25.4 Å². The predicted octanol–water partition coefficient (Wildman–Crippen LogP) is 0.0424. The van der Waals surface area contributed by atoms with Gasteiger partial charge in [0.1, 0.15) is 0 Å². The number of hydrogen-bond donors (Lipinski definition) is 3. The van der Waals surface area contributed by atoms with Crippen LogP contribution in [0.2, 0.25) is 0 Å². The maximum Gasteiger partial charge on any atom is 0.314 e. The van der Waals surface area contributed by atoms with E-state index in [2.05, 4.69) is 15.5 Å². The van der Waals surface area contributed by atoms with E-state index < -0.39 is 0 Å². The van der Waals surface area contributed by atoms with Crippen LogP contribution in [0.3, 0.4) is 0 Å². The number of nitrogens with two attached hydrogens (primary N) is 1. The topological polar surface area (TPSA) is 87.0 Å². The molecule has 88 valence electrons. The van der Waals surface area contributed by atoms with E-state index >= 15 is 0 Å².